The Morgan fingerprint density at radius 2 is 2.29 bits per heavy atom. The molecule has 0 spiro atoms. The highest BCUT2D eigenvalue weighted by molar-refractivity contribution is 7.80. The molecule has 2 N–H and O–H groups in total. The summed E-state index contributed by atoms with van der Waals surface area (Å²) in [5, 5.41) is 4.09. The summed E-state index contributed by atoms with van der Waals surface area (Å²) in [6.45, 7) is 0.224. The van der Waals surface area contributed by atoms with Gasteiger partial charge in [0.1, 0.15) is 17.1 Å². The first-order chi connectivity index (χ1) is 8.08. The maximum absolute atomic E-state index is 13.6. The van der Waals surface area contributed by atoms with Gasteiger partial charge in [0.05, 0.1) is 11.6 Å². The minimum Gasteiger partial charge on any atom is -0.387 e. The summed E-state index contributed by atoms with van der Waals surface area (Å²) < 4.78 is 15.1. The number of halogens is 2. The van der Waals surface area contributed by atoms with Gasteiger partial charge in [-0.3, -0.25) is 0 Å². The molecule has 1 heterocycles. The number of hydrogen-bond acceptors (Lipinski definition) is 3. The molecular weight excluding hydrogens is 263 g/mol. The van der Waals surface area contributed by atoms with Gasteiger partial charge in [0.25, 0.3) is 0 Å². The van der Waals surface area contributed by atoms with Crippen LogP contribution in [0.25, 0.3) is 0 Å². The number of rotatable bonds is 3. The predicted octanol–water partition coefficient (Wildman–Crippen LogP) is 1.75. The zero-order valence-corrected chi connectivity index (χ0v) is 10.2. The molecule has 0 bridgehead atoms. The Balaban J connectivity index is 2.25. The lowest BCUT2D eigenvalue weighted by Crippen LogP contribution is -2.12. The third-order valence-corrected chi connectivity index (χ3v) is 2.60. The topological polar surface area (TPSA) is 56.7 Å². The van der Waals surface area contributed by atoms with Crippen molar-refractivity contribution in [2.24, 2.45) is 5.73 Å². The van der Waals surface area contributed by atoms with Gasteiger partial charge in [-0.1, -0.05) is 36.0 Å². The van der Waals surface area contributed by atoms with Crippen molar-refractivity contribution >= 4 is 28.8 Å². The molecule has 2 aromatic rings. The minimum absolute atomic E-state index is 0.0807. The monoisotopic (exact) mass is 270 g/mol. The number of thiocarbonyl (C=S) groups is 1. The average Bonchev–Trinajstić information content (AvgIpc) is 2.73. The standard InChI is InChI=1S/C10H8ClFN4S/c11-7-3-1-2-6(8(7)12)4-16-5-14-10(15-16)9(13)17/h1-3,5H,4H2,(H2,13,17). The summed E-state index contributed by atoms with van der Waals surface area (Å²) >= 11 is 10.4. The quantitative estimate of drug-likeness (QED) is 0.864. The fourth-order valence-corrected chi connectivity index (χ4v) is 1.62. The molecule has 0 fully saturated rings. The van der Waals surface area contributed by atoms with E-state index in [0.717, 1.165) is 0 Å². The van der Waals surface area contributed by atoms with Gasteiger partial charge in [-0.15, -0.1) is 5.10 Å². The van der Waals surface area contributed by atoms with Crippen molar-refractivity contribution in [1.82, 2.24) is 14.8 Å². The third-order valence-electron chi connectivity index (χ3n) is 2.12. The predicted molar refractivity (Wildman–Crippen MR) is 66.4 cm³/mol. The number of aromatic nitrogens is 3. The fourth-order valence-electron chi connectivity index (χ4n) is 1.33. The maximum atomic E-state index is 13.6. The molecule has 17 heavy (non-hydrogen) atoms. The number of nitrogens with two attached hydrogens (primary N) is 1. The van der Waals surface area contributed by atoms with Crippen LogP contribution in [0.2, 0.25) is 5.02 Å². The molecule has 4 nitrogen and oxygen atoms in total. The Labute approximate surface area is 107 Å². The molecule has 88 valence electrons. The Morgan fingerprint density at radius 3 is 2.94 bits per heavy atom. The Morgan fingerprint density at radius 1 is 1.53 bits per heavy atom. The SMILES string of the molecule is NC(=S)c1ncn(Cc2cccc(Cl)c2F)n1. The van der Waals surface area contributed by atoms with E-state index in [1.165, 1.54) is 17.1 Å². The fraction of sp³-hybridized carbons (Fsp3) is 0.100. The maximum Gasteiger partial charge on any atom is 0.208 e. The van der Waals surface area contributed by atoms with E-state index in [-0.39, 0.29) is 22.4 Å². The van der Waals surface area contributed by atoms with Crippen LogP contribution in [-0.4, -0.2) is 19.8 Å². The van der Waals surface area contributed by atoms with Gasteiger partial charge in [0.15, 0.2) is 0 Å². The van der Waals surface area contributed by atoms with Crippen LogP contribution in [0.15, 0.2) is 24.5 Å². The summed E-state index contributed by atoms with van der Waals surface area (Å²) in [5.41, 5.74) is 5.80. The summed E-state index contributed by atoms with van der Waals surface area (Å²) in [4.78, 5) is 4.00. The van der Waals surface area contributed by atoms with Gasteiger partial charge in [-0.05, 0) is 6.07 Å². The van der Waals surface area contributed by atoms with E-state index in [0.29, 0.717) is 5.56 Å². The van der Waals surface area contributed by atoms with E-state index in [2.05, 4.69) is 10.1 Å². The Bertz CT molecular complexity index is 569. The third kappa shape index (κ3) is 2.59. The zero-order chi connectivity index (χ0) is 12.4. The number of benzene rings is 1. The van der Waals surface area contributed by atoms with Crippen LogP contribution in [0, 0.1) is 5.82 Å². The molecule has 0 radical (unpaired) electrons. The van der Waals surface area contributed by atoms with E-state index >= 15 is 0 Å². The van der Waals surface area contributed by atoms with E-state index in [1.54, 1.807) is 12.1 Å². The van der Waals surface area contributed by atoms with Crippen LogP contribution >= 0.6 is 23.8 Å². The lowest BCUT2D eigenvalue weighted by atomic mass is 10.2. The van der Waals surface area contributed by atoms with E-state index < -0.39 is 5.82 Å². The van der Waals surface area contributed by atoms with Crippen LogP contribution in [0.5, 0.6) is 0 Å². The first kappa shape index (κ1) is 11.9. The van der Waals surface area contributed by atoms with Crippen molar-refractivity contribution in [1.29, 1.82) is 0 Å². The summed E-state index contributed by atoms with van der Waals surface area (Å²) in [6.07, 6.45) is 1.44. The van der Waals surface area contributed by atoms with Crippen LogP contribution in [0.1, 0.15) is 11.4 Å². The van der Waals surface area contributed by atoms with Gasteiger partial charge in [0.2, 0.25) is 5.82 Å². The molecule has 0 amide bonds. The van der Waals surface area contributed by atoms with Gasteiger partial charge in [-0.2, -0.15) is 0 Å². The molecule has 2 rings (SSSR count). The molecule has 0 aliphatic rings. The molecule has 0 atom stereocenters. The minimum atomic E-state index is -0.457. The lowest BCUT2D eigenvalue weighted by molar-refractivity contribution is 0.585. The first-order valence-corrected chi connectivity index (χ1v) is 5.48. The second kappa shape index (κ2) is 4.77. The summed E-state index contributed by atoms with van der Waals surface area (Å²) in [7, 11) is 0. The van der Waals surface area contributed by atoms with Gasteiger partial charge in [0, 0.05) is 5.56 Å². The Hall–Kier alpha value is -1.53. The molecular formula is C10H8ClFN4S. The summed E-state index contributed by atoms with van der Waals surface area (Å²) in [6, 6.07) is 4.79. The molecule has 0 saturated carbocycles. The van der Waals surface area contributed by atoms with Gasteiger partial charge < -0.3 is 5.73 Å². The normalized spacial score (nSPS) is 10.5. The number of hydrogen-bond donors (Lipinski definition) is 1. The van der Waals surface area contributed by atoms with Crippen molar-refractivity contribution in [2.75, 3.05) is 0 Å². The largest absolute Gasteiger partial charge is 0.387 e. The van der Waals surface area contributed by atoms with E-state index in [1.807, 2.05) is 0 Å². The molecule has 7 heteroatoms. The molecule has 1 aromatic heterocycles. The molecule has 1 aromatic carbocycles. The smallest absolute Gasteiger partial charge is 0.208 e. The highest BCUT2D eigenvalue weighted by Crippen LogP contribution is 2.18. The summed E-state index contributed by atoms with van der Waals surface area (Å²) in [5.74, 6) is -0.191. The van der Waals surface area contributed by atoms with E-state index in [9.17, 15) is 4.39 Å². The van der Waals surface area contributed by atoms with Gasteiger partial charge >= 0.3 is 0 Å². The second-order valence-electron chi connectivity index (χ2n) is 3.34. The van der Waals surface area contributed by atoms with Crippen molar-refractivity contribution < 1.29 is 4.39 Å². The van der Waals surface area contributed by atoms with Crippen LogP contribution in [0.4, 0.5) is 4.39 Å². The van der Waals surface area contributed by atoms with Crippen LogP contribution in [0.3, 0.4) is 0 Å². The highest BCUT2D eigenvalue weighted by Gasteiger charge is 2.09. The second-order valence-corrected chi connectivity index (χ2v) is 4.19. The molecule has 0 unspecified atom stereocenters. The van der Waals surface area contributed by atoms with Gasteiger partial charge in [-0.25, -0.2) is 14.1 Å². The average molecular weight is 271 g/mol. The van der Waals surface area contributed by atoms with Crippen LogP contribution < -0.4 is 5.73 Å². The molecule has 0 saturated heterocycles. The Kier molecular flexibility index (Phi) is 3.35. The number of nitrogens with zero attached hydrogens (tertiary/aromatic N) is 3. The zero-order valence-electron chi connectivity index (χ0n) is 8.60. The van der Waals surface area contributed by atoms with Crippen LogP contribution in [-0.2, 0) is 6.54 Å². The van der Waals surface area contributed by atoms with Crippen molar-refractivity contribution in [3.63, 3.8) is 0 Å². The van der Waals surface area contributed by atoms with Crippen molar-refractivity contribution in [3.8, 4) is 0 Å². The molecule has 0 aliphatic heterocycles. The van der Waals surface area contributed by atoms with E-state index in [4.69, 9.17) is 29.6 Å². The molecule has 0 aliphatic carbocycles. The lowest BCUT2D eigenvalue weighted by Gasteiger charge is -2.03. The first-order valence-electron chi connectivity index (χ1n) is 4.70. The van der Waals surface area contributed by atoms with Crippen molar-refractivity contribution in [2.45, 2.75) is 6.54 Å². The van der Waals surface area contributed by atoms with Crippen molar-refractivity contribution in [3.05, 3.63) is 46.8 Å². The highest BCUT2D eigenvalue weighted by atomic mass is 35.5.